The average molecular weight is 563 g/mol. The summed E-state index contributed by atoms with van der Waals surface area (Å²) in [7, 11) is 0. The maximum Gasteiger partial charge on any atom is 0.226 e. The van der Waals surface area contributed by atoms with Gasteiger partial charge < -0.3 is 20.0 Å². The van der Waals surface area contributed by atoms with Crippen LogP contribution in [0.25, 0.3) is 0 Å². The van der Waals surface area contributed by atoms with E-state index in [4.69, 9.17) is 28.2 Å². The minimum absolute atomic E-state index is 0.0628. The second kappa shape index (κ2) is 12.0. The molecule has 1 saturated heterocycles. The number of nitrogens with one attached hydrogen (secondary N) is 2. The Kier molecular flexibility index (Phi) is 8.32. The van der Waals surface area contributed by atoms with Crippen LogP contribution in [0.2, 0.25) is 5.02 Å². The van der Waals surface area contributed by atoms with E-state index in [-0.39, 0.29) is 24.4 Å². The standard InChI is InChI=1S/C29H27ClN4O2S2/c1-2-19-7-3-4-8-22(19)32-25(35)16-18-34-28(27(33-29(34)37)23-9-5-6-17-31-23)24-14-15-26(36-24)38-21-12-10-20(30)11-13-21/h3-15,17,27-28H,2,16,18H2,1H3,(H,32,35)(H,33,37). The molecule has 2 N–H and O–H groups in total. The number of halogens is 1. The number of hydrogen-bond acceptors (Lipinski definition) is 5. The Labute approximate surface area is 236 Å². The van der Waals surface area contributed by atoms with Crippen molar-refractivity contribution in [2.75, 3.05) is 11.9 Å². The molecule has 0 bridgehead atoms. The first kappa shape index (κ1) is 26.3. The number of nitrogens with zero attached hydrogens (tertiary/aromatic N) is 2. The van der Waals surface area contributed by atoms with Gasteiger partial charge in [0.2, 0.25) is 5.91 Å². The van der Waals surface area contributed by atoms with E-state index in [0.717, 1.165) is 39.1 Å². The van der Waals surface area contributed by atoms with Crippen LogP contribution >= 0.6 is 35.6 Å². The lowest BCUT2D eigenvalue weighted by Crippen LogP contribution is -2.32. The predicted molar refractivity (Wildman–Crippen MR) is 156 cm³/mol. The first-order valence-electron chi connectivity index (χ1n) is 12.4. The van der Waals surface area contributed by atoms with Gasteiger partial charge in [-0.1, -0.05) is 54.6 Å². The molecule has 3 heterocycles. The summed E-state index contributed by atoms with van der Waals surface area (Å²) >= 11 is 13.3. The predicted octanol–water partition coefficient (Wildman–Crippen LogP) is 7.04. The van der Waals surface area contributed by atoms with Crippen LogP contribution in [0.15, 0.2) is 99.5 Å². The summed E-state index contributed by atoms with van der Waals surface area (Å²) in [5.41, 5.74) is 2.81. The number of anilines is 1. The van der Waals surface area contributed by atoms with Gasteiger partial charge in [-0.2, -0.15) is 0 Å². The van der Waals surface area contributed by atoms with Crippen molar-refractivity contribution < 1.29 is 9.21 Å². The fourth-order valence-corrected chi connectivity index (χ4v) is 5.74. The molecule has 2 aromatic heterocycles. The van der Waals surface area contributed by atoms with E-state index in [0.29, 0.717) is 16.7 Å². The summed E-state index contributed by atoms with van der Waals surface area (Å²) in [5, 5.41) is 8.48. The second-order valence-electron chi connectivity index (χ2n) is 8.84. The lowest BCUT2D eigenvalue weighted by Gasteiger charge is -2.25. The van der Waals surface area contributed by atoms with Gasteiger partial charge in [-0.15, -0.1) is 0 Å². The Morgan fingerprint density at radius 3 is 2.66 bits per heavy atom. The van der Waals surface area contributed by atoms with Gasteiger partial charge in [0.15, 0.2) is 10.2 Å². The number of furan rings is 1. The van der Waals surface area contributed by atoms with Gasteiger partial charge in [0, 0.05) is 34.8 Å². The molecule has 1 aliphatic rings. The summed E-state index contributed by atoms with van der Waals surface area (Å²) in [6.45, 7) is 2.50. The van der Waals surface area contributed by atoms with Crippen molar-refractivity contribution >= 4 is 52.3 Å². The van der Waals surface area contributed by atoms with Gasteiger partial charge in [-0.05, 0) is 78.8 Å². The Bertz CT molecular complexity index is 1410. The number of aryl methyl sites for hydroxylation is 1. The summed E-state index contributed by atoms with van der Waals surface area (Å²) in [6.07, 6.45) is 2.89. The van der Waals surface area contributed by atoms with E-state index in [1.807, 2.05) is 83.8 Å². The van der Waals surface area contributed by atoms with Gasteiger partial charge in [-0.25, -0.2) is 0 Å². The topological polar surface area (TPSA) is 70.4 Å². The van der Waals surface area contributed by atoms with Crippen LogP contribution in [-0.2, 0) is 11.2 Å². The Hall–Kier alpha value is -3.33. The molecule has 2 atom stereocenters. The third kappa shape index (κ3) is 6.04. The Balaban J connectivity index is 1.36. The van der Waals surface area contributed by atoms with Crippen LogP contribution in [0.5, 0.6) is 0 Å². The summed E-state index contributed by atoms with van der Waals surface area (Å²) < 4.78 is 6.33. The molecule has 9 heteroatoms. The number of hydrogen-bond donors (Lipinski definition) is 2. The van der Waals surface area contributed by atoms with Crippen molar-refractivity contribution in [3.63, 3.8) is 0 Å². The van der Waals surface area contributed by atoms with E-state index in [9.17, 15) is 4.79 Å². The molecular formula is C29H27ClN4O2S2. The molecule has 5 rings (SSSR count). The number of amides is 1. The summed E-state index contributed by atoms with van der Waals surface area (Å²) in [5.74, 6) is 0.688. The van der Waals surface area contributed by atoms with E-state index in [1.54, 1.807) is 6.20 Å². The number of thiocarbonyl (C=S) groups is 1. The molecule has 1 aliphatic heterocycles. The fraction of sp³-hybridized carbons (Fsp3) is 0.207. The Morgan fingerprint density at radius 1 is 1.11 bits per heavy atom. The van der Waals surface area contributed by atoms with Crippen LogP contribution in [0.3, 0.4) is 0 Å². The molecule has 0 saturated carbocycles. The highest BCUT2D eigenvalue weighted by atomic mass is 35.5. The van der Waals surface area contributed by atoms with Crippen molar-refractivity contribution in [3.05, 3.63) is 107 Å². The number of carbonyl (C=O) groups excluding carboxylic acids is 1. The molecule has 0 spiro atoms. The zero-order valence-electron chi connectivity index (χ0n) is 20.8. The monoisotopic (exact) mass is 562 g/mol. The van der Waals surface area contributed by atoms with Crippen LogP contribution < -0.4 is 10.6 Å². The Morgan fingerprint density at radius 2 is 1.89 bits per heavy atom. The molecule has 194 valence electrons. The molecule has 2 aromatic carbocycles. The number of aromatic nitrogens is 1. The van der Waals surface area contributed by atoms with Gasteiger partial charge in [-0.3, -0.25) is 9.78 Å². The fourth-order valence-electron chi connectivity index (χ4n) is 4.51. The quantitative estimate of drug-likeness (QED) is 0.212. The largest absolute Gasteiger partial charge is 0.452 e. The normalized spacial score (nSPS) is 16.9. The van der Waals surface area contributed by atoms with Gasteiger partial charge >= 0.3 is 0 Å². The third-order valence-corrected chi connectivity index (χ3v) is 7.91. The zero-order valence-corrected chi connectivity index (χ0v) is 23.2. The number of carbonyl (C=O) groups is 1. The number of benzene rings is 2. The molecule has 6 nitrogen and oxygen atoms in total. The zero-order chi connectivity index (χ0) is 26.5. The van der Waals surface area contributed by atoms with Gasteiger partial charge in [0.1, 0.15) is 11.8 Å². The van der Waals surface area contributed by atoms with Crippen LogP contribution in [0.1, 0.15) is 42.4 Å². The average Bonchev–Trinajstić information content (AvgIpc) is 3.53. The number of rotatable bonds is 9. The van der Waals surface area contributed by atoms with Crippen LogP contribution in [-0.4, -0.2) is 27.4 Å². The lowest BCUT2D eigenvalue weighted by molar-refractivity contribution is -0.116. The first-order chi connectivity index (χ1) is 18.5. The second-order valence-corrected chi connectivity index (χ2v) is 10.7. The molecule has 38 heavy (non-hydrogen) atoms. The molecule has 1 amide bonds. The van der Waals surface area contributed by atoms with Gasteiger partial charge in [0.05, 0.1) is 11.7 Å². The van der Waals surface area contributed by atoms with E-state index in [2.05, 4.69) is 22.5 Å². The maximum absolute atomic E-state index is 12.9. The number of pyridine rings is 1. The third-order valence-electron chi connectivity index (χ3n) is 6.38. The highest BCUT2D eigenvalue weighted by Crippen LogP contribution is 2.41. The molecule has 0 aliphatic carbocycles. The highest BCUT2D eigenvalue weighted by Gasteiger charge is 2.41. The van der Waals surface area contributed by atoms with Crippen LogP contribution in [0.4, 0.5) is 5.69 Å². The molecular weight excluding hydrogens is 536 g/mol. The van der Waals surface area contributed by atoms with Crippen molar-refractivity contribution in [1.82, 2.24) is 15.2 Å². The van der Waals surface area contributed by atoms with Gasteiger partial charge in [0.25, 0.3) is 0 Å². The molecule has 4 aromatic rings. The first-order valence-corrected chi connectivity index (χ1v) is 14.0. The van der Waals surface area contributed by atoms with Crippen molar-refractivity contribution in [2.45, 2.75) is 41.8 Å². The van der Waals surface area contributed by atoms with E-state index >= 15 is 0 Å². The summed E-state index contributed by atoms with van der Waals surface area (Å²) in [4.78, 5) is 20.5. The van der Waals surface area contributed by atoms with E-state index in [1.165, 1.54) is 11.8 Å². The molecule has 0 radical (unpaired) electrons. The molecule has 1 fully saturated rings. The summed E-state index contributed by atoms with van der Waals surface area (Å²) in [6, 6.07) is 24.8. The van der Waals surface area contributed by atoms with Crippen molar-refractivity contribution in [3.8, 4) is 0 Å². The minimum Gasteiger partial charge on any atom is -0.452 e. The highest BCUT2D eigenvalue weighted by molar-refractivity contribution is 7.99. The van der Waals surface area contributed by atoms with E-state index < -0.39 is 0 Å². The van der Waals surface area contributed by atoms with Crippen molar-refractivity contribution in [1.29, 1.82) is 0 Å². The SMILES string of the molecule is CCc1ccccc1NC(=O)CCN1C(=S)NC(c2ccccn2)C1c1ccc(Sc2ccc(Cl)cc2)o1. The lowest BCUT2D eigenvalue weighted by atomic mass is 10.0. The van der Waals surface area contributed by atoms with Crippen molar-refractivity contribution in [2.24, 2.45) is 0 Å². The smallest absolute Gasteiger partial charge is 0.226 e. The minimum atomic E-state index is -0.257. The number of para-hydroxylation sites is 1. The maximum atomic E-state index is 12.9. The molecule has 2 unspecified atom stereocenters. The van der Waals surface area contributed by atoms with Crippen LogP contribution in [0, 0.1) is 0 Å².